The molecule has 0 unspecified atom stereocenters. The Hall–Kier alpha value is -2.41. The highest BCUT2D eigenvalue weighted by molar-refractivity contribution is 6.00. The predicted molar refractivity (Wildman–Crippen MR) is 79.8 cm³/mol. The Morgan fingerprint density at radius 1 is 0.842 bits per heavy atom. The minimum Gasteiger partial charge on any atom is -0.257 e. The lowest BCUT2D eigenvalue weighted by Gasteiger charge is -2.03. The van der Waals surface area contributed by atoms with Gasteiger partial charge in [-0.3, -0.25) is 4.98 Å². The van der Waals surface area contributed by atoms with E-state index >= 15 is 0 Å². The fraction of sp³-hybridized carbons (Fsp3) is 0.0556. The molecule has 2 aromatic carbocycles. The van der Waals surface area contributed by atoms with Crippen molar-refractivity contribution in [1.82, 2.24) is 4.98 Å². The second-order valence-electron chi connectivity index (χ2n) is 4.92. The van der Waals surface area contributed by atoms with Gasteiger partial charge in [0.1, 0.15) is 0 Å². The molecule has 0 saturated carbocycles. The molecule has 1 nitrogen and oxygen atoms in total. The third-order valence-corrected chi connectivity index (χ3v) is 3.75. The Bertz CT molecular complexity index is 785. The Morgan fingerprint density at radius 2 is 1.74 bits per heavy atom. The van der Waals surface area contributed by atoms with Crippen molar-refractivity contribution in [2.24, 2.45) is 0 Å². The van der Waals surface area contributed by atoms with Crippen LogP contribution in [0.1, 0.15) is 16.8 Å². The maximum absolute atomic E-state index is 4.46. The number of rotatable bonds is 1. The minimum atomic E-state index is 0.983. The zero-order chi connectivity index (χ0) is 12.7. The molecule has 1 aliphatic carbocycles. The predicted octanol–water partition coefficient (Wildman–Crippen LogP) is 4.33. The molecule has 1 heteroatoms. The van der Waals surface area contributed by atoms with Crippen LogP contribution in [-0.4, -0.2) is 4.98 Å². The van der Waals surface area contributed by atoms with Crippen molar-refractivity contribution in [3.63, 3.8) is 0 Å². The SMILES string of the molecule is C1=C(c2ccccn2)Cc2ccc3ccccc3c21. The number of nitrogens with zero attached hydrogens (tertiary/aromatic N) is 1. The van der Waals surface area contributed by atoms with E-state index in [1.165, 1.54) is 27.5 Å². The van der Waals surface area contributed by atoms with E-state index in [0.29, 0.717) is 0 Å². The van der Waals surface area contributed by atoms with E-state index in [1.807, 2.05) is 18.3 Å². The highest BCUT2D eigenvalue weighted by Gasteiger charge is 2.16. The molecule has 90 valence electrons. The highest BCUT2D eigenvalue weighted by atomic mass is 14.7. The monoisotopic (exact) mass is 243 g/mol. The summed E-state index contributed by atoms with van der Waals surface area (Å²) < 4.78 is 0. The molecule has 4 rings (SSSR count). The lowest BCUT2D eigenvalue weighted by molar-refractivity contribution is 1.23. The molecule has 0 amide bonds. The molecular weight excluding hydrogens is 230 g/mol. The Kier molecular flexibility index (Phi) is 2.25. The molecule has 1 heterocycles. The Labute approximate surface area is 112 Å². The van der Waals surface area contributed by atoms with Crippen LogP contribution in [0.2, 0.25) is 0 Å². The van der Waals surface area contributed by atoms with Crippen LogP contribution in [0.4, 0.5) is 0 Å². The van der Waals surface area contributed by atoms with Gasteiger partial charge in [-0.1, -0.05) is 42.5 Å². The second kappa shape index (κ2) is 4.06. The molecule has 0 saturated heterocycles. The summed E-state index contributed by atoms with van der Waals surface area (Å²) in [6.07, 6.45) is 5.13. The van der Waals surface area contributed by atoms with Gasteiger partial charge in [0.2, 0.25) is 0 Å². The normalized spacial score (nSPS) is 13.4. The molecule has 0 radical (unpaired) electrons. The van der Waals surface area contributed by atoms with Gasteiger partial charge in [0.15, 0.2) is 0 Å². The highest BCUT2D eigenvalue weighted by Crippen LogP contribution is 2.35. The summed E-state index contributed by atoms with van der Waals surface area (Å²) in [5.74, 6) is 0. The van der Waals surface area contributed by atoms with Gasteiger partial charge in [-0.2, -0.15) is 0 Å². The average molecular weight is 243 g/mol. The van der Waals surface area contributed by atoms with Crippen molar-refractivity contribution in [3.05, 3.63) is 77.6 Å². The van der Waals surface area contributed by atoms with Gasteiger partial charge >= 0.3 is 0 Å². The number of hydrogen-bond acceptors (Lipinski definition) is 1. The van der Waals surface area contributed by atoms with Crippen LogP contribution in [0, 0.1) is 0 Å². The van der Waals surface area contributed by atoms with Crippen molar-refractivity contribution < 1.29 is 0 Å². The standard InChI is InChI=1S/C18H13N/c1-2-6-16-13(5-1)8-9-14-11-15(12-17(14)16)18-7-3-4-10-19-18/h1-10,12H,11H2. The maximum atomic E-state index is 4.46. The molecule has 0 fully saturated rings. The smallest absolute Gasteiger partial charge is 0.0665 e. The number of fused-ring (bicyclic) bond motifs is 3. The Balaban J connectivity index is 1.91. The fourth-order valence-corrected chi connectivity index (χ4v) is 2.81. The van der Waals surface area contributed by atoms with Crippen LogP contribution in [0.25, 0.3) is 22.4 Å². The van der Waals surface area contributed by atoms with Crippen molar-refractivity contribution in [3.8, 4) is 0 Å². The zero-order valence-electron chi connectivity index (χ0n) is 10.5. The van der Waals surface area contributed by atoms with Gasteiger partial charge in [-0.15, -0.1) is 0 Å². The maximum Gasteiger partial charge on any atom is 0.0665 e. The lowest BCUT2D eigenvalue weighted by atomic mass is 10.0. The number of hydrogen-bond donors (Lipinski definition) is 0. The van der Waals surface area contributed by atoms with Crippen LogP contribution in [0.15, 0.2) is 60.8 Å². The molecule has 0 atom stereocenters. The quantitative estimate of drug-likeness (QED) is 0.620. The third-order valence-electron chi connectivity index (χ3n) is 3.75. The molecule has 3 aromatic rings. The first kappa shape index (κ1) is 10.5. The molecule has 1 aliphatic rings. The fourth-order valence-electron chi connectivity index (χ4n) is 2.81. The zero-order valence-corrected chi connectivity index (χ0v) is 10.5. The summed E-state index contributed by atoms with van der Waals surface area (Å²) in [6, 6.07) is 19.1. The van der Waals surface area contributed by atoms with Crippen LogP contribution in [0.5, 0.6) is 0 Å². The first-order valence-corrected chi connectivity index (χ1v) is 6.54. The average Bonchev–Trinajstić information content (AvgIpc) is 2.93. The van der Waals surface area contributed by atoms with Gasteiger partial charge < -0.3 is 0 Å². The van der Waals surface area contributed by atoms with E-state index in [0.717, 1.165) is 12.1 Å². The molecule has 0 bridgehead atoms. The topological polar surface area (TPSA) is 12.9 Å². The first-order chi connectivity index (χ1) is 9.42. The van der Waals surface area contributed by atoms with Gasteiger partial charge in [-0.05, 0) is 45.7 Å². The van der Waals surface area contributed by atoms with Gasteiger partial charge in [0, 0.05) is 12.6 Å². The number of pyridine rings is 1. The molecular formula is C18H13N. The number of aromatic nitrogens is 1. The lowest BCUT2D eigenvalue weighted by Crippen LogP contribution is -1.88. The van der Waals surface area contributed by atoms with Crippen molar-refractivity contribution >= 4 is 22.4 Å². The third kappa shape index (κ3) is 1.66. The van der Waals surface area contributed by atoms with Crippen LogP contribution < -0.4 is 0 Å². The summed E-state index contributed by atoms with van der Waals surface area (Å²) in [6.45, 7) is 0. The molecule has 19 heavy (non-hydrogen) atoms. The van der Waals surface area contributed by atoms with Crippen molar-refractivity contribution in [2.75, 3.05) is 0 Å². The molecule has 0 N–H and O–H groups in total. The minimum absolute atomic E-state index is 0.983. The summed E-state index contributed by atoms with van der Waals surface area (Å²) in [4.78, 5) is 4.46. The first-order valence-electron chi connectivity index (χ1n) is 6.54. The molecule has 1 aromatic heterocycles. The van der Waals surface area contributed by atoms with E-state index in [1.54, 1.807) is 0 Å². The second-order valence-corrected chi connectivity index (χ2v) is 4.92. The van der Waals surface area contributed by atoms with Crippen LogP contribution in [-0.2, 0) is 6.42 Å². The Morgan fingerprint density at radius 3 is 2.63 bits per heavy atom. The summed E-state index contributed by atoms with van der Waals surface area (Å²) >= 11 is 0. The van der Waals surface area contributed by atoms with E-state index in [9.17, 15) is 0 Å². The van der Waals surface area contributed by atoms with Gasteiger partial charge in [-0.25, -0.2) is 0 Å². The van der Waals surface area contributed by atoms with Gasteiger partial charge in [0.25, 0.3) is 0 Å². The van der Waals surface area contributed by atoms with Crippen LogP contribution >= 0.6 is 0 Å². The number of allylic oxidation sites excluding steroid dienone is 1. The largest absolute Gasteiger partial charge is 0.257 e. The van der Waals surface area contributed by atoms with Crippen molar-refractivity contribution in [1.29, 1.82) is 0 Å². The van der Waals surface area contributed by atoms with Crippen LogP contribution in [0.3, 0.4) is 0 Å². The summed E-state index contributed by atoms with van der Waals surface area (Å²) in [7, 11) is 0. The van der Waals surface area contributed by atoms with E-state index in [2.05, 4.69) is 53.5 Å². The van der Waals surface area contributed by atoms with E-state index in [-0.39, 0.29) is 0 Å². The summed E-state index contributed by atoms with van der Waals surface area (Å²) in [5.41, 5.74) is 5.16. The van der Waals surface area contributed by atoms with Gasteiger partial charge in [0.05, 0.1) is 5.69 Å². The van der Waals surface area contributed by atoms with E-state index in [4.69, 9.17) is 0 Å². The molecule has 0 spiro atoms. The van der Waals surface area contributed by atoms with Crippen molar-refractivity contribution in [2.45, 2.75) is 6.42 Å². The molecule has 0 aliphatic heterocycles. The summed E-state index contributed by atoms with van der Waals surface area (Å²) in [5, 5.41) is 2.64. The number of benzene rings is 2. The van der Waals surface area contributed by atoms with E-state index < -0.39 is 0 Å².